The minimum Gasteiger partial charge on any atom is -0.380 e. The van der Waals surface area contributed by atoms with Crippen molar-refractivity contribution in [3.05, 3.63) is 37.0 Å². The Morgan fingerprint density at radius 3 is 1.89 bits per heavy atom. The van der Waals surface area contributed by atoms with Gasteiger partial charge < -0.3 is 10.1 Å². The van der Waals surface area contributed by atoms with E-state index in [4.69, 9.17) is 4.74 Å². The first-order valence-electron chi connectivity index (χ1n) is 7.37. The van der Waals surface area contributed by atoms with Gasteiger partial charge in [-0.2, -0.15) is 0 Å². The van der Waals surface area contributed by atoms with Crippen molar-refractivity contribution >= 4 is 0 Å². The Labute approximate surface area is 122 Å². The summed E-state index contributed by atoms with van der Waals surface area (Å²) in [5.41, 5.74) is 0. The number of likely N-dealkylation sites (N-methyl/N-ethyl adjacent to an activating group) is 1. The highest BCUT2D eigenvalue weighted by molar-refractivity contribution is 5.07. The molecule has 0 bridgehead atoms. The quantitative estimate of drug-likeness (QED) is 0.543. The van der Waals surface area contributed by atoms with Crippen molar-refractivity contribution in [2.75, 3.05) is 26.8 Å². The van der Waals surface area contributed by atoms with Gasteiger partial charge in [0.05, 0.1) is 6.61 Å². The van der Waals surface area contributed by atoms with E-state index in [2.05, 4.69) is 25.7 Å². The van der Waals surface area contributed by atoms with Crippen LogP contribution in [0.3, 0.4) is 0 Å². The fourth-order valence-electron chi connectivity index (χ4n) is 0.572. The fourth-order valence-corrected chi connectivity index (χ4v) is 0.572. The second kappa shape index (κ2) is 43.4. The highest BCUT2D eigenvalue weighted by Crippen LogP contribution is 1.74. The molecule has 0 heterocycles. The molecule has 19 heavy (non-hydrogen) atoms. The van der Waals surface area contributed by atoms with Crippen molar-refractivity contribution in [1.82, 2.24) is 5.32 Å². The van der Waals surface area contributed by atoms with Crippen LogP contribution in [-0.2, 0) is 4.74 Å². The van der Waals surface area contributed by atoms with Crippen LogP contribution in [0.1, 0.15) is 48.0 Å². The summed E-state index contributed by atoms with van der Waals surface area (Å²) in [6.07, 6.45) is 10.8. The maximum Gasteiger partial charge on any atom is 0.0590 e. The summed E-state index contributed by atoms with van der Waals surface area (Å²) in [6.45, 7) is 18.3. The maximum absolute atomic E-state index is 5.01. The van der Waals surface area contributed by atoms with E-state index in [0.29, 0.717) is 0 Å². The Morgan fingerprint density at radius 2 is 1.58 bits per heavy atom. The molecule has 116 valence electrons. The zero-order valence-corrected chi connectivity index (χ0v) is 14.3. The van der Waals surface area contributed by atoms with Gasteiger partial charge in [-0.1, -0.05) is 71.1 Å². The molecule has 0 radical (unpaired) electrons. The Morgan fingerprint density at radius 1 is 1.05 bits per heavy atom. The third-order valence-corrected chi connectivity index (χ3v) is 1.25. The molecule has 0 aromatic heterocycles. The summed E-state index contributed by atoms with van der Waals surface area (Å²) in [4.78, 5) is 0. The van der Waals surface area contributed by atoms with Crippen LogP contribution in [0.4, 0.5) is 0 Å². The van der Waals surface area contributed by atoms with E-state index in [-0.39, 0.29) is 0 Å². The predicted molar refractivity (Wildman–Crippen MR) is 91.9 cm³/mol. The Bertz CT molecular complexity index is 159. The minimum absolute atomic E-state index is 0.821. The summed E-state index contributed by atoms with van der Waals surface area (Å²) in [5.74, 6) is 0. The van der Waals surface area contributed by atoms with Crippen molar-refractivity contribution in [2.24, 2.45) is 0 Å². The molecular weight excluding hydrogens is 234 g/mol. The number of rotatable bonds is 6. The van der Waals surface area contributed by atoms with Crippen molar-refractivity contribution < 1.29 is 4.74 Å². The monoisotopic (exact) mass is 271 g/mol. The number of ether oxygens (including phenoxy) is 1. The summed E-state index contributed by atoms with van der Waals surface area (Å²) in [5, 5.41) is 2.98. The minimum atomic E-state index is 0.821. The average Bonchev–Trinajstić information content (AvgIpc) is 2.44. The zero-order chi connectivity index (χ0) is 15.8. The Balaban J connectivity index is -0.0000000888. The van der Waals surface area contributed by atoms with E-state index < -0.39 is 0 Å². The van der Waals surface area contributed by atoms with Crippen LogP contribution in [0.2, 0.25) is 0 Å². The third kappa shape index (κ3) is 77.1. The summed E-state index contributed by atoms with van der Waals surface area (Å²) >= 11 is 0. The molecule has 0 saturated heterocycles. The van der Waals surface area contributed by atoms with Crippen LogP contribution in [-0.4, -0.2) is 26.8 Å². The first-order chi connectivity index (χ1) is 9.24. The lowest BCUT2D eigenvalue weighted by Crippen LogP contribution is -2.13. The van der Waals surface area contributed by atoms with Crippen LogP contribution in [0.5, 0.6) is 0 Å². The standard InChI is InChI=1S/C7H10.C5H13NO.C3H8.C2H6/c1-3-5-7-6-4-2;1-3-7-5-4-6-2;1-3-2;1-2/h3-7H,1H2,2H3;6H,3-5H2,1-2H3;3H2,1-2H3;1-2H3/b6-4-,7-5-;;;. The van der Waals surface area contributed by atoms with Crippen molar-refractivity contribution in [1.29, 1.82) is 0 Å². The molecule has 0 aromatic rings. The average molecular weight is 271 g/mol. The number of allylic oxidation sites excluding steroid dienone is 5. The highest BCUT2D eigenvalue weighted by Gasteiger charge is 1.77. The molecule has 2 nitrogen and oxygen atoms in total. The molecule has 2 heteroatoms. The molecule has 0 aliphatic carbocycles. The highest BCUT2D eigenvalue weighted by atomic mass is 16.5. The van der Waals surface area contributed by atoms with E-state index in [1.165, 1.54) is 6.42 Å². The van der Waals surface area contributed by atoms with Gasteiger partial charge in [0, 0.05) is 13.2 Å². The van der Waals surface area contributed by atoms with Gasteiger partial charge in [-0.15, -0.1) is 0 Å². The first kappa shape index (κ1) is 26.7. The lowest BCUT2D eigenvalue weighted by atomic mass is 10.4. The molecule has 0 aliphatic rings. The van der Waals surface area contributed by atoms with Crippen molar-refractivity contribution in [2.45, 2.75) is 48.0 Å². The van der Waals surface area contributed by atoms with Gasteiger partial charge in [-0.3, -0.25) is 0 Å². The molecule has 0 unspecified atom stereocenters. The number of hydrogen-bond donors (Lipinski definition) is 1. The zero-order valence-electron chi connectivity index (χ0n) is 14.3. The lowest BCUT2D eigenvalue weighted by Gasteiger charge is -1.96. The molecule has 0 spiro atoms. The van der Waals surface area contributed by atoms with E-state index >= 15 is 0 Å². The van der Waals surface area contributed by atoms with Crippen LogP contribution in [0.25, 0.3) is 0 Å². The lowest BCUT2D eigenvalue weighted by molar-refractivity contribution is 0.151. The molecule has 0 fully saturated rings. The van der Waals surface area contributed by atoms with E-state index in [1.54, 1.807) is 6.08 Å². The third-order valence-electron chi connectivity index (χ3n) is 1.25. The molecular formula is C17H37NO. The molecule has 0 amide bonds. The molecule has 0 aromatic carbocycles. The van der Waals surface area contributed by atoms with Crippen LogP contribution in [0.15, 0.2) is 37.0 Å². The molecule has 0 aliphatic heterocycles. The topological polar surface area (TPSA) is 21.3 Å². The summed E-state index contributed by atoms with van der Waals surface area (Å²) in [6, 6.07) is 0. The van der Waals surface area contributed by atoms with E-state index in [9.17, 15) is 0 Å². The van der Waals surface area contributed by atoms with Gasteiger partial charge in [-0.05, 0) is 20.9 Å². The predicted octanol–water partition coefficient (Wildman–Crippen LogP) is 4.99. The van der Waals surface area contributed by atoms with Gasteiger partial charge >= 0.3 is 0 Å². The smallest absolute Gasteiger partial charge is 0.0590 e. The largest absolute Gasteiger partial charge is 0.380 e. The van der Waals surface area contributed by atoms with Gasteiger partial charge in [0.2, 0.25) is 0 Å². The van der Waals surface area contributed by atoms with Crippen LogP contribution < -0.4 is 5.32 Å². The first-order valence-corrected chi connectivity index (χ1v) is 7.37. The van der Waals surface area contributed by atoms with Crippen molar-refractivity contribution in [3.63, 3.8) is 0 Å². The molecule has 0 rings (SSSR count). The van der Waals surface area contributed by atoms with Gasteiger partial charge in [0.1, 0.15) is 0 Å². The van der Waals surface area contributed by atoms with Crippen LogP contribution in [0, 0.1) is 0 Å². The molecule has 1 N–H and O–H groups in total. The van der Waals surface area contributed by atoms with Gasteiger partial charge in [0.15, 0.2) is 0 Å². The summed E-state index contributed by atoms with van der Waals surface area (Å²) in [7, 11) is 1.92. The summed E-state index contributed by atoms with van der Waals surface area (Å²) < 4.78 is 5.01. The fraction of sp³-hybridized carbons (Fsp3) is 0.647. The molecule has 0 saturated carbocycles. The Kier molecular flexibility index (Phi) is 60.9. The normalized spacial score (nSPS) is 8.79. The van der Waals surface area contributed by atoms with Gasteiger partial charge in [-0.25, -0.2) is 0 Å². The number of hydrogen-bond acceptors (Lipinski definition) is 2. The van der Waals surface area contributed by atoms with E-state index in [1.807, 2.05) is 59.0 Å². The SMILES string of the molecule is C=C/C=C\C=C/C.CC.CCC.CCOCCNC. The Hall–Kier alpha value is -0.860. The second-order valence-corrected chi connectivity index (χ2v) is 3.15. The second-order valence-electron chi connectivity index (χ2n) is 3.15. The molecule has 0 atom stereocenters. The van der Waals surface area contributed by atoms with E-state index in [0.717, 1.165) is 19.8 Å². The van der Waals surface area contributed by atoms with Crippen molar-refractivity contribution in [3.8, 4) is 0 Å². The number of nitrogens with one attached hydrogen (secondary N) is 1. The maximum atomic E-state index is 5.01. The van der Waals surface area contributed by atoms with Crippen LogP contribution >= 0.6 is 0 Å². The van der Waals surface area contributed by atoms with Gasteiger partial charge in [0.25, 0.3) is 0 Å².